The van der Waals surface area contributed by atoms with Crippen molar-refractivity contribution < 1.29 is 4.57 Å². The van der Waals surface area contributed by atoms with Gasteiger partial charge in [-0.05, 0) is 26.2 Å². The zero-order chi connectivity index (χ0) is 18.9. The summed E-state index contributed by atoms with van der Waals surface area (Å²) in [4.78, 5) is 0. The summed E-state index contributed by atoms with van der Waals surface area (Å²) in [5.41, 5.74) is 0. The Bertz CT molecular complexity index is 422. The summed E-state index contributed by atoms with van der Waals surface area (Å²) in [5, 5.41) is 0. The lowest BCUT2D eigenvalue weighted by Crippen LogP contribution is -2.36. The lowest BCUT2D eigenvalue weighted by atomic mass is 10.1. The van der Waals surface area contributed by atoms with Gasteiger partial charge < -0.3 is 0 Å². The molecular weight excluding hydrogens is 316 g/mol. The van der Waals surface area contributed by atoms with Crippen LogP contribution in [0.4, 0.5) is 0 Å². The molecule has 0 saturated heterocycles. The molecule has 26 heavy (non-hydrogen) atoms. The van der Waals surface area contributed by atoms with Crippen molar-refractivity contribution in [2.45, 2.75) is 137 Å². The first-order valence-electron chi connectivity index (χ1n) is 11.9. The summed E-state index contributed by atoms with van der Waals surface area (Å²) < 4.78 is 4.99. The molecule has 0 amide bonds. The third-order valence-corrected chi connectivity index (χ3v) is 5.69. The average Bonchev–Trinajstić information content (AvgIpc) is 3.05. The number of hydrogen-bond acceptors (Lipinski definition) is 0. The highest BCUT2D eigenvalue weighted by atomic mass is 15.1. The first kappa shape index (κ1) is 23.2. The molecule has 0 aliphatic heterocycles. The SMILES string of the molecule is CCCCCCCCCCCCc1n(CCCCCCC)cc[n+]1CC. The molecule has 0 spiro atoms. The maximum absolute atomic E-state index is 2.53. The minimum atomic E-state index is 1.11. The molecule has 152 valence electrons. The van der Waals surface area contributed by atoms with E-state index in [2.05, 4.69) is 42.3 Å². The van der Waals surface area contributed by atoms with Crippen molar-refractivity contribution >= 4 is 0 Å². The second kappa shape index (κ2) is 16.4. The Morgan fingerprint density at radius 2 is 1.15 bits per heavy atom. The van der Waals surface area contributed by atoms with Gasteiger partial charge in [-0.25, -0.2) is 9.13 Å². The molecule has 0 unspecified atom stereocenters. The third kappa shape index (κ3) is 10.4. The number of nitrogens with zero attached hydrogens (tertiary/aromatic N) is 2. The predicted molar refractivity (Wildman–Crippen MR) is 115 cm³/mol. The van der Waals surface area contributed by atoms with E-state index in [1.807, 2.05) is 0 Å². The Morgan fingerprint density at radius 3 is 1.69 bits per heavy atom. The Balaban J connectivity index is 2.17. The standard InChI is InChI=1S/C24H47N2/c1-4-7-9-11-12-13-14-15-16-18-20-24-25(6-3)22-23-26(24)21-19-17-10-8-5-2/h22-23H,4-21H2,1-3H3/q+1. The maximum Gasteiger partial charge on any atom is 0.256 e. The molecule has 0 fully saturated rings. The van der Waals surface area contributed by atoms with Gasteiger partial charge in [-0.1, -0.05) is 90.9 Å². The maximum atomic E-state index is 2.53. The third-order valence-electron chi connectivity index (χ3n) is 5.69. The van der Waals surface area contributed by atoms with Crippen LogP contribution in [0.25, 0.3) is 0 Å². The summed E-state index contributed by atoms with van der Waals surface area (Å²) in [6, 6.07) is 0. The van der Waals surface area contributed by atoms with Crippen LogP contribution in [0.3, 0.4) is 0 Å². The minimum absolute atomic E-state index is 1.11. The van der Waals surface area contributed by atoms with Crippen LogP contribution in [0.1, 0.15) is 123 Å². The Labute approximate surface area is 164 Å². The fraction of sp³-hybridized carbons (Fsp3) is 0.875. The molecule has 2 nitrogen and oxygen atoms in total. The molecule has 0 aromatic carbocycles. The molecule has 1 heterocycles. The summed E-state index contributed by atoms with van der Waals surface area (Å²) in [5.74, 6) is 1.56. The largest absolute Gasteiger partial charge is 0.256 e. The summed E-state index contributed by atoms with van der Waals surface area (Å²) in [7, 11) is 0. The lowest BCUT2D eigenvalue weighted by molar-refractivity contribution is -0.700. The number of aromatic nitrogens is 2. The van der Waals surface area contributed by atoms with Crippen LogP contribution in [-0.2, 0) is 19.5 Å². The van der Waals surface area contributed by atoms with Crippen molar-refractivity contribution in [3.63, 3.8) is 0 Å². The topological polar surface area (TPSA) is 8.81 Å². The van der Waals surface area contributed by atoms with Crippen molar-refractivity contribution in [1.82, 2.24) is 4.57 Å². The first-order valence-corrected chi connectivity index (χ1v) is 11.9. The first-order chi connectivity index (χ1) is 12.8. The van der Waals surface area contributed by atoms with Crippen molar-refractivity contribution in [3.05, 3.63) is 18.2 Å². The molecule has 0 aliphatic carbocycles. The fourth-order valence-electron chi connectivity index (χ4n) is 3.93. The summed E-state index contributed by atoms with van der Waals surface area (Å²) in [6.07, 6.45) is 26.9. The van der Waals surface area contributed by atoms with E-state index in [1.165, 1.54) is 109 Å². The van der Waals surface area contributed by atoms with E-state index < -0.39 is 0 Å². The van der Waals surface area contributed by atoms with Crippen molar-refractivity contribution in [2.24, 2.45) is 0 Å². The van der Waals surface area contributed by atoms with Gasteiger partial charge in [-0.2, -0.15) is 0 Å². The Morgan fingerprint density at radius 1 is 0.654 bits per heavy atom. The van der Waals surface area contributed by atoms with Crippen LogP contribution in [-0.4, -0.2) is 4.57 Å². The smallest absolute Gasteiger partial charge is 0.235 e. The van der Waals surface area contributed by atoms with Crippen LogP contribution in [0.5, 0.6) is 0 Å². The Hall–Kier alpha value is -0.790. The number of hydrogen-bond donors (Lipinski definition) is 0. The number of imidazole rings is 1. The highest BCUT2D eigenvalue weighted by molar-refractivity contribution is 4.84. The van der Waals surface area contributed by atoms with Gasteiger partial charge in [0, 0.05) is 6.42 Å². The van der Waals surface area contributed by atoms with Gasteiger partial charge in [-0.15, -0.1) is 0 Å². The second-order valence-corrected chi connectivity index (χ2v) is 8.04. The van der Waals surface area contributed by atoms with E-state index in [0.29, 0.717) is 0 Å². The van der Waals surface area contributed by atoms with Crippen LogP contribution in [0, 0.1) is 0 Å². The van der Waals surface area contributed by atoms with Gasteiger partial charge in [-0.3, -0.25) is 0 Å². The molecule has 0 N–H and O–H groups in total. The summed E-state index contributed by atoms with van der Waals surface area (Å²) in [6.45, 7) is 9.18. The molecule has 0 saturated carbocycles. The number of aryl methyl sites for hydroxylation is 2. The summed E-state index contributed by atoms with van der Waals surface area (Å²) >= 11 is 0. The molecule has 1 aromatic heterocycles. The van der Waals surface area contributed by atoms with Crippen LogP contribution >= 0.6 is 0 Å². The quantitative estimate of drug-likeness (QED) is 0.192. The number of rotatable bonds is 18. The molecule has 0 radical (unpaired) electrons. The zero-order valence-corrected chi connectivity index (χ0v) is 18.3. The van der Waals surface area contributed by atoms with Gasteiger partial charge in [0.2, 0.25) is 0 Å². The van der Waals surface area contributed by atoms with Gasteiger partial charge >= 0.3 is 0 Å². The van der Waals surface area contributed by atoms with Gasteiger partial charge in [0.05, 0.1) is 13.1 Å². The van der Waals surface area contributed by atoms with Crippen LogP contribution in [0.2, 0.25) is 0 Å². The fourth-order valence-corrected chi connectivity index (χ4v) is 3.93. The Kier molecular flexibility index (Phi) is 14.7. The molecule has 2 heteroatoms. The van der Waals surface area contributed by atoms with Crippen molar-refractivity contribution in [1.29, 1.82) is 0 Å². The molecule has 0 atom stereocenters. The van der Waals surface area contributed by atoms with E-state index in [9.17, 15) is 0 Å². The van der Waals surface area contributed by atoms with Crippen LogP contribution < -0.4 is 4.57 Å². The molecule has 1 rings (SSSR count). The lowest BCUT2D eigenvalue weighted by Gasteiger charge is -2.05. The van der Waals surface area contributed by atoms with E-state index >= 15 is 0 Å². The predicted octanol–water partition coefficient (Wildman–Crippen LogP) is 7.23. The second-order valence-electron chi connectivity index (χ2n) is 8.04. The van der Waals surface area contributed by atoms with Crippen molar-refractivity contribution in [2.75, 3.05) is 0 Å². The minimum Gasteiger partial charge on any atom is -0.235 e. The van der Waals surface area contributed by atoms with Gasteiger partial charge in [0.25, 0.3) is 5.82 Å². The van der Waals surface area contributed by atoms with Gasteiger partial charge in [0.15, 0.2) is 0 Å². The monoisotopic (exact) mass is 363 g/mol. The molecule has 1 aromatic rings. The van der Waals surface area contributed by atoms with E-state index in [1.54, 1.807) is 5.82 Å². The highest BCUT2D eigenvalue weighted by Crippen LogP contribution is 2.12. The molecular formula is C24H47N2+. The molecule has 0 aliphatic rings. The van der Waals surface area contributed by atoms with Crippen molar-refractivity contribution in [3.8, 4) is 0 Å². The van der Waals surface area contributed by atoms with E-state index in [-0.39, 0.29) is 0 Å². The average molecular weight is 364 g/mol. The molecule has 0 bridgehead atoms. The van der Waals surface area contributed by atoms with E-state index in [0.717, 1.165) is 6.54 Å². The van der Waals surface area contributed by atoms with E-state index in [4.69, 9.17) is 0 Å². The zero-order valence-electron chi connectivity index (χ0n) is 18.3. The van der Waals surface area contributed by atoms with Gasteiger partial charge in [0.1, 0.15) is 12.4 Å². The highest BCUT2D eigenvalue weighted by Gasteiger charge is 2.15. The number of unbranched alkanes of at least 4 members (excludes halogenated alkanes) is 13. The van der Waals surface area contributed by atoms with Crippen LogP contribution in [0.15, 0.2) is 12.4 Å². The normalized spacial score (nSPS) is 11.3.